The number of hydrogen-bond acceptors (Lipinski definition) is 2. The Balaban J connectivity index is 1.50. The highest BCUT2D eigenvalue weighted by Crippen LogP contribution is 2.44. The Hall–Kier alpha value is -1.84. The molecule has 1 aromatic rings. The van der Waals surface area contributed by atoms with Crippen molar-refractivity contribution in [2.75, 3.05) is 10.6 Å². The predicted octanol–water partition coefficient (Wildman–Crippen LogP) is 6.02. The first kappa shape index (κ1) is 21.9. The summed E-state index contributed by atoms with van der Waals surface area (Å²) in [6.45, 7) is 10.9. The fourth-order valence-corrected chi connectivity index (χ4v) is 4.17. The maximum Gasteiger partial charge on any atom is 0.227 e. The minimum Gasteiger partial charge on any atom is -0.326 e. The van der Waals surface area contributed by atoms with Gasteiger partial charge >= 0.3 is 0 Å². The van der Waals surface area contributed by atoms with Gasteiger partial charge in [0, 0.05) is 23.2 Å². The lowest BCUT2D eigenvalue weighted by Crippen LogP contribution is -2.17. The summed E-state index contributed by atoms with van der Waals surface area (Å²) in [5, 5.41) is 6.16. The van der Waals surface area contributed by atoms with Crippen molar-refractivity contribution in [3.63, 3.8) is 0 Å². The van der Waals surface area contributed by atoms with E-state index in [9.17, 15) is 9.59 Å². The number of carbonyl (C=O) groups excluding carboxylic acids is 2. The van der Waals surface area contributed by atoms with Crippen molar-refractivity contribution < 1.29 is 9.59 Å². The molecular formula is C25H38N2O2. The first-order valence-electron chi connectivity index (χ1n) is 11.5. The smallest absolute Gasteiger partial charge is 0.227 e. The molecule has 0 radical (unpaired) electrons. The molecule has 0 heterocycles. The molecular weight excluding hydrogens is 360 g/mol. The summed E-state index contributed by atoms with van der Waals surface area (Å²) in [6.07, 6.45) is 6.68. The molecule has 160 valence electrons. The third-order valence-corrected chi connectivity index (χ3v) is 6.51. The molecule has 29 heavy (non-hydrogen) atoms. The standard InChI is InChI=1S/C25H38N2O2/c1-15(2)6-9-18-12-21(18)24(28)26-20-11-8-17(5)23(14-20)27-25(29)22-13-19(22)10-7-16(3)4/h8,11,14-16,18-19,21-22H,6-7,9-10,12-13H2,1-5H3,(H,26,28)(H,27,29)/t18-,19+,21+,22-/m0/s1. The van der Waals surface area contributed by atoms with Gasteiger partial charge in [-0.3, -0.25) is 9.59 Å². The number of nitrogens with one attached hydrogen (secondary N) is 2. The van der Waals surface area contributed by atoms with Gasteiger partial charge in [0.15, 0.2) is 0 Å². The van der Waals surface area contributed by atoms with Crippen LogP contribution in [0.1, 0.15) is 71.8 Å². The highest BCUT2D eigenvalue weighted by atomic mass is 16.2. The van der Waals surface area contributed by atoms with Gasteiger partial charge in [0.05, 0.1) is 0 Å². The second-order valence-electron chi connectivity index (χ2n) is 10.2. The second kappa shape index (κ2) is 9.32. The van der Waals surface area contributed by atoms with Gasteiger partial charge in [-0.05, 0) is 74.0 Å². The van der Waals surface area contributed by atoms with Gasteiger partial charge in [-0.1, -0.05) is 46.6 Å². The normalized spacial score (nSPS) is 25.2. The van der Waals surface area contributed by atoms with Crippen LogP contribution in [0.4, 0.5) is 11.4 Å². The zero-order valence-electron chi connectivity index (χ0n) is 18.8. The SMILES string of the molecule is Cc1ccc(NC(=O)[C@@H]2C[C@@H]2CCC(C)C)cc1NC(=O)[C@H]1C[C@H]1CCC(C)C. The molecule has 2 aliphatic rings. The molecule has 3 rings (SSSR count). The van der Waals surface area contributed by atoms with Crippen LogP contribution in [-0.4, -0.2) is 11.8 Å². The summed E-state index contributed by atoms with van der Waals surface area (Å²) in [5.41, 5.74) is 2.61. The van der Waals surface area contributed by atoms with Crippen LogP contribution in [0.3, 0.4) is 0 Å². The Morgan fingerprint density at radius 2 is 1.41 bits per heavy atom. The minimum absolute atomic E-state index is 0.121. The number of benzene rings is 1. The molecule has 4 heteroatoms. The number of anilines is 2. The monoisotopic (exact) mass is 398 g/mol. The fraction of sp³-hybridized carbons (Fsp3) is 0.680. The molecule has 2 N–H and O–H groups in total. The molecule has 0 aromatic heterocycles. The number of aryl methyl sites for hydroxylation is 1. The van der Waals surface area contributed by atoms with E-state index in [0.29, 0.717) is 23.7 Å². The van der Waals surface area contributed by atoms with Crippen LogP contribution in [-0.2, 0) is 9.59 Å². The van der Waals surface area contributed by atoms with Crippen molar-refractivity contribution in [1.29, 1.82) is 0 Å². The topological polar surface area (TPSA) is 58.2 Å². The molecule has 4 atom stereocenters. The average molecular weight is 399 g/mol. The van der Waals surface area contributed by atoms with Crippen LogP contribution < -0.4 is 10.6 Å². The van der Waals surface area contributed by atoms with Gasteiger partial charge in [-0.15, -0.1) is 0 Å². The van der Waals surface area contributed by atoms with Gasteiger partial charge in [-0.25, -0.2) is 0 Å². The Kier molecular flexibility index (Phi) is 7.02. The van der Waals surface area contributed by atoms with E-state index < -0.39 is 0 Å². The van der Waals surface area contributed by atoms with Gasteiger partial charge in [-0.2, -0.15) is 0 Å². The van der Waals surface area contributed by atoms with E-state index in [0.717, 1.165) is 42.6 Å². The fourth-order valence-electron chi connectivity index (χ4n) is 4.17. The molecule has 0 spiro atoms. The lowest BCUT2D eigenvalue weighted by atomic mass is 10.0. The van der Waals surface area contributed by atoms with Crippen LogP contribution >= 0.6 is 0 Å². The molecule has 0 aliphatic heterocycles. The van der Waals surface area contributed by atoms with Gasteiger partial charge < -0.3 is 10.6 Å². The van der Waals surface area contributed by atoms with E-state index >= 15 is 0 Å². The number of carbonyl (C=O) groups is 2. The van der Waals surface area contributed by atoms with Crippen molar-refractivity contribution in [3.05, 3.63) is 23.8 Å². The molecule has 2 amide bonds. The van der Waals surface area contributed by atoms with Crippen LogP contribution in [0.25, 0.3) is 0 Å². The molecule has 0 bridgehead atoms. The van der Waals surface area contributed by atoms with Gasteiger partial charge in [0.2, 0.25) is 11.8 Å². The number of amides is 2. The second-order valence-corrected chi connectivity index (χ2v) is 10.2. The molecule has 2 fully saturated rings. The summed E-state index contributed by atoms with van der Waals surface area (Å²) < 4.78 is 0. The molecule has 2 aliphatic carbocycles. The Morgan fingerprint density at radius 3 is 1.93 bits per heavy atom. The quantitative estimate of drug-likeness (QED) is 0.506. The zero-order chi connectivity index (χ0) is 21.1. The highest BCUT2D eigenvalue weighted by Gasteiger charge is 2.43. The van der Waals surface area contributed by atoms with Crippen molar-refractivity contribution in [2.24, 2.45) is 35.5 Å². The third kappa shape index (κ3) is 6.32. The molecule has 0 saturated heterocycles. The molecule has 0 unspecified atom stereocenters. The number of hydrogen-bond donors (Lipinski definition) is 2. The summed E-state index contributed by atoms with van der Waals surface area (Å²) in [7, 11) is 0. The molecule has 2 saturated carbocycles. The number of rotatable bonds is 10. The van der Waals surface area contributed by atoms with Crippen LogP contribution in [0.5, 0.6) is 0 Å². The predicted molar refractivity (Wildman–Crippen MR) is 120 cm³/mol. The Labute approximate surface area is 176 Å². The van der Waals surface area contributed by atoms with Crippen molar-refractivity contribution in [1.82, 2.24) is 0 Å². The van der Waals surface area contributed by atoms with Crippen molar-refractivity contribution in [2.45, 2.75) is 73.1 Å². The van der Waals surface area contributed by atoms with Crippen molar-refractivity contribution >= 4 is 23.2 Å². The van der Waals surface area contributed by atoms with E-state index in [4.69, 9.17) is 0 Å². The summed E-state index contributed by atoms with van der Waals surface area (Å²) in [5.74, 6) is 3.02. The maximum atomic E-state index is 12.6. The third-order valence-electron chi connectivity index (χ3n) is 6.51. The van der Waals surface area contributed by atoms with Crippen LogP contribution in [0.15, 0.2) is 18.2 Å². The maximum absolute atomic E-state index is 12.6. The molecule has 1 aromatic carbocycles. The first-order chi connectivity index (χ1) is 13.7. The van der Waals surface area contributed by atoms with Crippen molar-refractivity contribution in [3.8, 4) is 0 Å². The lowest BCUT2D eigenvalue weighted by Gasteiger charge is -2.12. The van der Waals surface area contributed by atoms with E-state index in [1.807, 2.05) is 25.1 Å². The van der Waals surface area contributed by atoms with Gasteiger partial charge in [0.25, 0.3) is 0 Å². The van der Waals surface area contributed by atoms with E-state index in [1.165, 1.54) is 12.8 Å². The minimum atomic E-state index is 0.121. The van der Waals surface area contributed by atoms with Crippen LogP contribution in [0, 0.1) is 42.4 Å². The summed E-state index contributed by atoms with van der Waals surface area (Å²) in [4.78, 5) is 25.1. The zero-order valence-corrected chi connectivity index (χ0v) is 18.8. The van der Waals surface area contributed by atoms with E-state index in [1.54, 1.807) is 0 Å². The Morgan fingerprint density at radius 1 is 0.897 bits per heavy atom. The first-order valence-corrected chi connectivity index (χ1v) is 11.5. The Bertz CT molecular complexity index is 740. The summed E-state index contributed by atoms with van der Waals surface area (Å²) in [6, 6.07) is 5.80. The largest absolute Gasteiger partial charge is 0.326 e. The van der Waals surface area contributed by atoms with Crippen LogP contribution in [0.2, 0.25) is 0 Å². The van der Waals surface area contributed by atoms with E-state index in [-0.39, 0.29) is 23.7 Å². The molecule has 4 nitrogen and oxygen atoms in total. The summed E-state index contributed by atoms with van der Waals surface area (Å²) >= 11 is 0. The lowest BCUT2D eigenvalue weighted by molar-refractivity contribution is -0.118. The highest BCUT2D eigenvalue weighted by molar-refractivity contribution is 5.98. The average Bonchev–Trinajstić information content (AvgIpc) is 3.55. The van der Waals surface area contributed by atoms with Gasteiger partial charge in [0.1, 0.15) is 0 Å². The van der Waals surface area contributed by atoms with E-state index in [2.05, 4.69) is 38.3 Å².